The smallest absolute Gasteiger partial charge is 0.00772 e. The molecule has 0 radical (unpaired) electrons. The highest BCUT2D eigenvalue weighted by Crippen LogP contribution is 2.06. The van der Waals surface area contributed by atoms with E-state index in [-0.39, 0.29) is 0 Å². The normalized spacial score (nSPS) is 9.14. The van der Waals surface area contributed by atoms with Crippen LogP contribution in [0.2, 0.25) is 0 Å². The summed E-state index contributed by atoms with van der Waals surface area (Å²) in [7, 11) is 0. The molecule has 1 aromatic rings. The summed E-state index contributed by atoms with van der Waals surface area (Å²) in [5, 5.41) is 0. The highest BCUT2D eigenvalue weighted by molar-refractivity contribution is 5.21. The SMILES string of the molecule is CC.Cc1ccc(CCCCN)cc1. The van der Waals surface area contributed by atoms with Gasteiger partial charge in [-0.2, -0.15) is 0 Å². The van der Waals surface area contributed by atoms with Gasteiger partial charge in [0.25, 0.3) is 0 Å². The summed E-state index contributed by atoms with van der Waals surface area (Å²) in [6.45, 7) is 6.93. The maximum Gasteiger partial charge on any atom is -0.00772 e. The van der Waals surface area contributed by atoms with E-state index in [2.05, 4.69) is 31.2 Å². The molecule has 0 aliphatic rings. The molecule has 0 amide bonds. The summed E-state index contributed by atoms with van der Waals surface area (Å²) in [5.41, 5.74) is 8.17. The van der Waals surface area contributed by atoms with E-state index in [0.29, 0.717) is 0 Å². The maximum atomic E-state index is 5.42. The van der Waals surface area contributed by atoms with E-state index in [1.54, 1.807) is 0 Å². The van der Waals surface area contributed by atoms with Crippen molar-refractivity contribution in [3.05, 3.63) is 35.4 Å². The standard InChI is InChI=1S/C11H17N.C2H6/c1-10-5-7-11(8-6-10)4-2-3-9-12;1-2/h5-8H,2-4,9,12H2,1H3;1-2H3. The highest BCUT2D eigenvalue weighted by Gasteiger charge is 1.91. The summed E-state index contributed by atoms with van der Waals surface area (Å²) in [4.78, 5) is 0. The second kappa shape index (κ2) is 8.76. The molecule has 0 saturated heterocycles. The van der Waals surface area contributed by atoms with Crippen LogP contribution in [0.5, 0.6) is 0 Å². The van der Waals surface area contributed by atoms with Crippen LogP contribution in [-0.2, 0) is 6.42 Å². The van der Waals surface area contributed by atoms with Gasteiger partial charge in [-0.3, -0.25) is 0 Å². The topological polar surface area (TPSA) is 26.0 Å². The zero-order chi connectivity index (χ0) is 10.8. The number of nitrogens with two attached hydrogens (primary N) is 1. The molecule has 0 bridgehead atoms. The van der Waals surface area contributed by atoms with Crippen molar-refractivity contribution < 1.29 is 0 Å². The molecule has 0 spiro atoms. The second-order valence-electron chi connectivity index (χ2n) is 3.23. The predicted octanol–water partition coefficient (Wildman–Crippen LogP) is 3.30. The molecule has 0 fully saturated rings. The van der Waals surface area contributed by atoms with Crippen molar-refractivity contribution in [2.24, 2.45) is 5.73 Å². The number of benzene rings is 1. The van der Waals surface area contributed by atoms with Crippen LogP contribution in [0.4, 0.5) is 0 Å². The Hall–Kier alpha value is -0.820. The van der Waals surface area contributed by atoms with E-state index < -0.39 is 0 Å². The Bertz CT molecular complexity index is 213. The van der Waals surface area contributed by atoms with E-state index in [9.17, 15) is 0 Å². The van der Waals surface area contributed by atoms with E-state index in [1.807, 2.05) is 13.8 Å². The number of hydrogen-bond acceptors (Lipinski definition) is 1. The number of unbranched alkanes of at least 4 members (excludes halogenated alkanes) is 1. The molecule has 2 N–H and O–H groups in total. The van der Waals surface area contributed by atoms with Gasteiger partial charge in [0.1, 0.15) is 0 Å². The lowest BCUT2D eigenvalue weighted by atomic mass is 10.1. The third-order valence-corrected chi connectivity index (χ3v) is 2.04. The van der Waals surface area contributed by atoms with E-state index >= 15 is 0 Å². The Labute approximate surface area is 88.3 Å². The van der Waals surface area contributed by atoms with Crippen molar-refractivity contribution in [3.8, 4) is 0 Å². The number of hydrogen-bond donors (Lipinski definition) is 1. The fourth-order valence-corrected chi connectivity index (χ4v) is 1.23. The highest BCUT2D eigenvalue weighted by atomic mass is 14.5. The van der Waals surface area contributed by atoms with Crippen LogP contribution >= 0.6 is 0 Å². The Morgan fingerprint density at radius 2 is 1.57 bits per heavy atom. The van der Waals surface area contributed by atoms with Gasteiger partial charge in [-0.1, -0.05) is 43.7 Å². The summed E-state index contributed by atoms with van der Waals surface area (Å²) < 4.78 is 0. The van der Waals surface area contributed by atoms with Crippen molar-refractivity contribution in [1.82, 2.24) is 0 Å². The molecule has 1 aromatic carbocycles. The van der Waals surface area contributed by atoms with Gasteiger partial charge in [0.15, 0.2) is 0 Å². The fourth-order valence-electron chi connectivity index (χ4n) is 1.23. The minimum absolute atomic E-state index is 0.811. The monoisotopic (exact) mass is 193 g/mol. The molecular weight excluding hydrogens is 170 g/mol. The molecule has 80 valence electrons. The zero-order valence-corrected chi connectivity index (χ0v) is 9.72. The molecular formula is C13H23N. The van der Waals surface area contributed by atoms with Gasteiger partial charge in [-0.15, -0.1) is 0 Å². The number of aryl methyl sites for hydroxylation is 2. The van der Waals surface area contributed by atoms with Gasteiger partial charge >= 0.3 is 0 Å². The van der Waals surface area contributed by atoms with Crippen LogP contribution in [0.15, 0.2) is 24.3 Å². The van der Waals surface area contributed by atoms with Crippen molar-refractivity contribution in [1.29, 1.82) is 0 Å². The maximum absolute atomic E-state index is 5.42. The minimum Gasteiger partial charge on any atom is -0.330 e. The molecule has 0 unspecified atom stereocenters. The first kappa shape index (κ1) is 13.2. The van der Waals surface area contributed by atoms with Crippen LogP contribution in [-0.4, -0.2) is 6.54 Å². The van der Waals surface area contributed by atoms with Crippen molar-refractivity contribution in [2.45, 2.75) is 40.0 Å². The molecule has 1 rings (SSSR count). The van der Waals surface area contributed by atoms with Gasteiger partial charge in [-0.25, -0.2) is 0 Å². The average Bonchev–Trinajstić information content (AvgIpc) is 2.24. The molecule has 0 aliphatic carbocycles. The van der Waals surface area contributed by atoms with Gasteiger partial charge in [0.2, 0.25) is 0 Å². The van der Waals surface area contributed by atoms with Crippen LogP contribution in [0.3, 0.4) is 0 Å². The largest absolute Gasteiger partial charge is 0.330 e. The lowest BCUT2D eigenvalue weighted by Gasteiger charge is -2.00. The lowest BCUT2D eigenvalue weighted by Crippen LogP contribution is -1.98. The Balaban J connectivity index is 0.000000791. The van der Waals surface area contributed by atoms with Crippen LogP contribution in [0.1, 0.15) is 37.8 Å². The van der Waals surface area contributed by atoms with Crippen LogP contribution < -0.4 is 5.73 Å². The van der Waals surface area contributed by atoms with Gasteiger partial charge in [0, 0.05) is 0 Å². The Morgan fingerprint density at radius 3 is 2.07 bits per heavy atom. The van der Waals surface area contributed by atoms with Crippen molar-refractivity contribution >= 4 is 0 Å². The van der Waals surface area contributed by atoms with Crippen LogP contribution in [0, 0.1) is 6.92 Å². The van der Waals surface area contributed by atoms with Gasteiger partial charge < -0.3 is 5.73 Å². The lowest BCUT2D eigenvalue weighted by molar-refractivity contribution is 0.745. The Kier molecular flexibility index (Phi) is 8.25. The Morgan fingerprint density at radius 1 is 1.00 bits per heavy atom. The zero-order valence-electron chi connectivity index (χ0n) is 9.72. The fraction of sp³-hybridized carbons (Fsp3) is 0.538. The third-order valence-electron chi connectivity index (χ3n) is 2.04. The second-order valence-corrected chi connectivity index (χ2v) is 3.23. The third kappa shape index (κ3) is 5.76. The molecule has 0 atom stereocenters. The first-order valence-electron chi connectivity index (χ1n) is 5.58. The minimum atomic E-state index is 0.811. The van der Waals surface area contributed by atoms with E-state index in [4.69, 9.17) is 5.73 Å². The summed E-state index contributed by atoms with van der Waals surface area (Å²) in [6, 6.07) is 8.73. The molecule has 0 aromatic heterocycles. The molecule has 1 heteroatoms. The van der Waals surface area contributed by atoms with E-state index in [1.165, 1.54) is 17.5 Å². The van der Waals surface area contributed by atoms with Crippen LogP contribution in [0.25, 0.3) is 0 Å². The molecule has 0 heterocycles. The van der Waals surface area contributed by atoms with Crippen molar-refractivity contribution in [2.75, 3.05) is 6.54 Å². The first-order valence-corrected chi connectivity index (χ1v) is 5.58. The molecule has 1 nitrogen and oxygen atoms in total. The quantitative estimate of drug-likeness (QED) is 0.729. The average molecular weight is 193 g/mol. The van der Waals surface area contributed by atoms with Gasteiger partial charge in [0.05, 0.1) is 0 Å². The molecule has 14 heavy (non-hydrogen) atoms. The summed E-state index contributed by atoms with van der Waals surface area (Å²) in [5.74, 6) is 0. The molecule has 0 aliphatic heterocycles. The summed E-state index contributed by atoms with van der Waals surface area (Å²) >= 11 is 0. The van der Waals surface area contributed by atoms with Crippen molar-refractivity contribution in [3.63, 3.8) is 0 Å². The number of rotatable bonds is 4. The van der Waals surface area contributed by atoms with Gasteiger partial charge in [-0.05, 0) is 38.3 Å². The van der Waals surface area contributed by atoms with E-state index in [0.717, 1.165) is 19.4 Å². The molecule has 0 saturated carbocycles. The predicted molar refractivity (Wildman–Crippen MR) is 64.5 cm³/mol. The first-order chi connectivity index (χ1) is 6.83. The summed E-state index contributed by atoms with van der Waals surface area (Å²) in [6.07, 6.45) is 3.50.